The third kappa shape index (κ3) is 3.38. The van der Waals surface area contributed by atoms with Crippen LogP contribution in [0.4, 0.5) is 0 Å². The highest BCUT2D eigenvalue weighted by atomic mass is 16.5. The molecule has 6 heteroatoms. The van der Waals surface area contributed by atoms with Gasteiger partial charge in [-0.1, -0.05) is 6.07 Å². The van der Waals surface area contributed by atoms with Gasteiger partial charge in [-0.05, 0) is 42.3 Å². The zero-order valence-electron chi connectivity index (χ0n) is 14.4. The Kier molecular flexibility index (Phi) is 4.52. The molecule has 0 radical (unpaired) electrons. The Balaban J connectivity index is 1.71. The summed E-state index contributed by atoms with van der Waals surface area (Å²) in [5.74, 6) is -0.560. The molecule has 1 aromatic carbocycles. The van der Waals surface area contributed by atoms with Crippen LogP contribution in [-0.4, -0.2) is 28.5 Å². The number of ether oxygens (including phenoxy) is 1. The van der Waals surface area contributed by atoms with Gasteiger partial charge in [-0.25, -0.2) is 9.78 Å². The maximum Gasteiger partial charge on any atom is 0.337 e. The molecule has 3 rings (SSSR count). The quantitative estimate of drug-likeness (QED) is 0.743. The van der Waals surface area contributed by atoms with Crippen molar-refractivity contribution in [2.75, 3.05) is 7.11 Å². The van der Waals surface area contributed by atoms with E-state index in [9.17, 15) is 9.59 Å². The number of nitrogens with zero attached hydrogens (tertiary/aromatic N) is 2. The number of fused-ring (bicyclic) bond motifs is 1. The molecule has 0 aliphatic carbocycles. The smallest absolute Gasteiger partial charge is 0.337 e. The van der Waals surface area contributed by atoms with E-state index in [1.54, 1.807) is 18.3 Å². The monoisotopic (exact) mass is 337 g/mol. The highest BCUT2D eigenvalue weighted by Crippen LogP contribution is 2.15. The number of rotatable bonds is 4. The SMILES string of the molecule is COC(=O)c1ccc(CNC(=O)c2cnc3c(ccn3C)c2)c(C)c1. The van der Waals surface area contributed by atoms with Crippen molar-refractivity contribution in [3.05, 3.63) is 65.0 Å². The molecule has 25 heavy (non-hydrogen) atoms. The average molecular weight is 337 g/mol. The van der Waals surface area contributed by atoms with Gasteiger partial charge in [0.05, 0.1) is 18.2 Å². The van der Waals surface area contributed by atoms with Crippen LogP contribution in [0.25, 0.3) is 11.0 Å². The number of hydrogen-bond donors (Lipinski definition) is 1. The van der Waals surface area contributed by atoms with Crippen molar-refractivity contribution in [1.82, 2.24) is 14.9 Å². The number of carbonyl (C=O) groups excluding carboxylic acids is 2. The number of carbonyl (C=O) groups is 2. The van der Waals surface area contributed by atoms with Crippen LogP contribution in [-0.2, 0) is 18.3 Å². The Morgan fingerprint density at radius 2 is 2.00 bits per heavy atom. The second-order valence-electron chi connectivity index (χ2n) is 5.88. The van der Waals surface area contributed by atoms with E-state index in [4.69, 9.17) is 4.74 Å². The fourth-order valence-corrected chi connectivity index (χ4v) is 2.70. The van der Waals surface area contributed by atoms with Gasteiger partial charge in [-0.15, -0.1) is 0 Å². The number of amides is 1. The minimum absolute atomic E-state index is 0.185. The standard InChI is InChI=1S/C19H19N3O3/c1-12-8-14(19(24)25-3)4-5-15(12)10-21-18(23)16-9-13-6-7-22(2)17(13)20-11-16/h4-9,11H,10H2,1-3H3,(H,21,23). The number of benzene rings is 1. The molecule has 0 aliphatic heterocycles. The molecule has 0 aliphatic rings. The maximum absolute atomic E-state index is 12.4. The molecule has 0 unspecified atom stereocenters. The molecule has 1 N–H and O–H groups in total. The lowest BCUT2D eigenvalue weighted by Gasteiger charge is -2.09. The van der Waals surface area contributed by atoms with Gasteiger partial charge in [0.1, 0.15) is 5.65 Å². The van der Waals surface area contributed by atoms with Crippen molar-refractivity contribution in [3.63, 3.8) is 0 Å². The molecule has 3 aromatic rings. The number of nitrogens with one attached hydrogen (secondary N) is 1. The van der Waals surface area contributed by atoms with Gasteiger partial charge in [0, 0.05) is 31.4 Å². The summed E-state index contributed by atoms with van der Waals surface area (Å²) in [4.78, 5) is 28.2. The van der Waals surface area contributed by atoms with Gasteiger partial charge in [-0.3, -0.25) is 4.79 Å². The van der Waals surface area contributed by atoms with Crippen LogP contribution in [0, 0.1) is 6.92 Å². The molecule has 2 aromatic heterocycles. The van der Waals surface area contributed by atoms with E-state index in [0.717, 1.165) is 22.2 Å². The highest BCUT2D eigenvalue weighted by Gasteiger charge is 2.11. The molecule has 0 spiro atoms. The van der Waals surface area contributed by atoms with Crippen LogP contribution < -0.4 is 5.32 Å². The summed E-state index contributed by atoms with van der Waals surface area (Å²) in [7, 11) is 3.26. The van der Waals surface area contributed by atoms with Crippen LogP contribution in [0.2, 0.25) is 0 Å². The lowest BCUT2D eigenvalue weighted by atomic mass is 10.0. The Morgan fingerprint density at radius 3 is 2.72 bits per heavy atom. The van der Waals surface area contributed by atoms with E-state index in [0.29, 0.717) is 17.7 Å². The van der Waals surface area contributed by atoms with Crippen LogP contribution in [0.1, 0.15) is 31.8 Å². The van der Waals surface area contributed by atoms with Gasteiger partial charge >= 0.3 is 5.97 Å². The van der Waals surface area contributed by atoms with Crippen molar-refractivity contribution < 1.29 is 14.3 Å². The van der Waals surface area contributed by atoms with Crippen LogP contribution in [0.3, 0.4) is 0 Å². The van der Waals surface area contributed by atoms with Crippen molar-refractivity contribution in [1.29, 1.82) is 0 Å². The van der Waals surface area contributed by atoms with Crippen molar-refractivity contribution in [2.45, 2.75) is 13.5 Å². The number of aromatic nitrogens is 2. The summed E-state index contributed by atoms with van der Waals surface area (Å²) in [5.41, 5.74) is 3.71. The van der Waals surface area contributed by atoms with Gasteiger partial charge < -0.3 is 14.6 Å². The van der Waals surface area contributed by atoms with E-state index >= 15 is 0 Å². The third-order valence-electron chi connectivity index (χ3n) is 4.17. The van der Waals surface area contributed by atoms with Crippen LogP contribution in [0.5, 0.6) is 0 Å². The molecule has 128 valence electrons. The number of methoxy groups -OCH3 is 1. The molecule has 0 fully saturated rings. The first-order valence-electron chi connectivity index (χ1n) is 7.86. The van der Waals surface area contributed by atoms with E-state index < -0.39 is 0 Å². The molecular weight excluding hydrogens is 318 g/mol. The number of aryl methyl sites for hydroxylation is 2. The summed E-state index contributed by atoms with van der Waals surface area (Å²) in [6, 6.07) is 9.02. The predicted molar refractivity (Wildman–Crippen MR) is 94.4 cm³/mol. The third-order valence-corrected chi connectivity index (χ3v) is 4.17. The summed E-state index contributed by atoms with van der Waals surface area (Å²) < 4.78 is 6.61. The molecule has 0 saturated heterocycles. The minimum Gasteiger partial charge on any atom is -0.465 e. The molecule has 6 nitrogen and oxygen atoms in total. The van der Waals surface area contributed by atoms with Crippen LogP contribution >= 0.6 is 0 Å². The molecule has 1 amide bonds. The second kappa shape index (κ2) is 6.76. The van der Waals surface area contributed by atoms with Crippen molar-refractivity contribution in [3.8, 4) is 0 Å². The van der Waals surface area contributed by atoms with Gasteiger partial charge in [0.25, 0.3) is 5.91 Å². The lowest BCUT2D eigenvalue weighted by Crippen LogP contribution is -2.23. The van der Waals surface area contributed by atoms with E-state index in [1.807, 2.05) is 42.9 Å². The fourth-order valence-electron chi connectivity index (χ4n) is 2.70. The molecule has 0 bridgehead atoms. The van der Waals surface area contributed by atoms with E-state index in [2.05, 4.69) is 10.3 Å². The highest BCUT2D eigenvalue weighted by molar-refractivity contribution is 5.97. The Labute approximate surface area is 145 Å². The van der Waals surface area contributed by atoms with E-state index in [-0.39, 0.29) is 11.9 Å². The Bertz CT molecular complexity index is 960. The summed E-state index contributed by atoms with van der Waals surface area (Å²) >= 11 is 0. The summed E-state index contributed by atoms with van der Waals surface area (Å²) in [6.45, 7) is 2.27. The maximum atomic E-state index is 12.4. The Hall–Kier alpha value is -3.15. The van der Waals surface area contributed by atoms with Gasteiger partial charge in [0.15, 0.2) is 0 Å². The second-order valence-corrected chi connectivity index (χ2v) is 5.88. The minimum atomic E-state index is -0.374. The van der Waals surface area contributed by atoms with Crippen LogP contribution in [0.15, 0.2) is 42.7 Å². The lowest BCUT2D eigenvalue weighted by molar-refractivity contribution is 0.0600. The first-order chi connectivity index (χ1) is 12.0. The molecule has 0 atom stereocenters. The van der Waals surface area contributed by atoms with Crippen molar-refractivity contribution >= 4 is 22.9 Å². The first-order valence-corrected chi connectivity index (χ1v) is 7.86. The van der Waals surface area contributed by atoms with Gasteiger partial charge in [0.2, 0.25) is 0 Å². The first kappa shape index (κ1) is 16.7. The average Bonchev–Trinajstić information content (AvgIpc) is 3.00. The molecule has 0 saturated carbocycles. The topological polar surface area (TPSA) is 73.2 Å². The molecular formula is C19H19N3O3. The van der Waals surface area contributed by atoms with Crippen molar-refractivity contribution in [2.24, 2.45) is 7.05 Å². The fraction of sp³-hybridized carbons (Fsp3) is 0.211. The zero-order valence-corrected chi connectivity index (χ0v) is 14.4. The van der Waals surface area contributed by atoms with Gasteiger partial charge in [-0.2, -0.15) is 0 Å². The number of hydrogen-bond acceptors (Lipinski definition) is 4. The number of esters is 1. The molecule has 2 heterocycles. The Morgan fingerprint density at radius 1 is 1.20 bits per heavy atom. The predicted octanol–water partition coefficient (Wildman–Crippen LogP) is 2.60. The summed E-state index contributed by atoms with van der Waals surface area (Å²) in [5, 5.41) is 3.81. The summed E-state index contributed by atoms with van der Waals surface area (Å²) in [6.07, 6.45) is 3.48. The zero-order chi connectivity index (χ0) is 18.0. The number of pyridine rings is 1. The van der Waals surface area contributed by atoms with E-state index in [1.165, 1.54) is 7.11 Å². The normalized spacial score (nSPS) is 10.7. The largest absolute Gasteiger partial charge is 0.465 e.